The molecule has 126 valence electrons. The van der Waals surface area contributed by atoms with Crippen LogP contribution in [0.2, 0.25) is 0 Å². The van der Waals surface area contributed by atoms with Gasteiger partial charge in [-0.05, 0) is 65.1 Å². The maximum absolute atomic E-state index is 9.66. The van der Waals surface area contributed by atoms with E-state index in [4.69, 9.17) is 0 Å². The number of phenolic OH excluding ortho intramolecular Hbond substituents is 2. The van der Waals surface area contributed by atoms with Crippen LogP contribution in [0.5, 0.6) is 11.5 Å². The lowest BCUT2D eigenvalue weighted by Gasteiger charge is -2.39. The van der Waals surface area contributed by atoms with Crippen LogP contribution >= 0.6 is 0 Å². The SMILES string of the molecule is CC1CCCC(C)(C)C1=C(c1ccc(O)cc1)c1ccc(O)cc1. The van der Waals surface area contributed by atoms with E-state index in [1.807, 2.05) is 24.3 Å². The number of benzene rings is 2. The molecule has 0 aromatic heterocycles. The smallest absolute Gasteiger partial charge is 0.115 e. The molecule has 2 aromatic carbocycles. The minimum absolute atomic E-state index is 0.142. The maximum Gasteiger partial charge on any atom is 0.115 e. The summed E-state index contributed by atoms with van der Waals surface area (Å²) in [5.41, 5.74) is 5.10. The Morgan fingerprint density at radius 3 is 1.75 bits per heavy atom. The molecule has 0 amide bonds. The summed E-state index contributed by atoms with van der Waals surface area (Å²) in [4.78, 5) is 0. The third-order valence-electron chi connectivity index (χ3n) is 5.24. The van der Waals surface area contributed by atoms with Gasteiger partial charge in [0, 0.05) is 0 Å². The van der Waals surface area contributed by atoms with Gasteiger partial charge < -0.3 is 10.2 Å². The minimum Gasteiger partial charge on any atom is -0.508 e. The van der Waals surface area contributed by atoms with Crippen LogP contribution in [0.15, 0.2) is 54.1 Å². The van der Waals surface area contributed by atoms with Crippen LogP contribution in [0.4, 0.5) is 0 Å². The molecule has 1 fully saturated rings. The van der Waals surface area contributed by atoms with Crippen LogP contribution in [0.1, 0.15) is 51.2 Å². The van der Waals surface area contributed by atoms with Gasteiger partial charge in [0.2, 0.25) is 0 Å². The Hall–Kier alpha value is -2.22. The van der Waals surface area contributed by atoms with Gasteiger partial charge in [0.05, 0.1) is 0 Å². The minimum atomic E-state index is 0.142. The summed E-state index contributed by atoms with van der Waals surface area (Å²) in [6.07, 6.45) is 3.65. The Morgan fingerprint density at radius 2 is 1.33 bits per heavy atom. The number of aromatic hydroxyl groups is 2. The first-order chi connectivity index (χ1) is 11.4. The largest absolute Gasteiger partial charge is 0.508 e. The van der Waals surface area contributed by atoms with Gasteiger partial charge in [-0.1, -0.05) is 57.0 Å². The summed E-state index contributed by atoms with van der Waals surface area (Å²) in [6, 6.07) is 14.9. The Balaban J connectivity index is 2.26. The van der Waals surface area contributed by atoms with Crippen molar-refractivity contribution in [3.8, 4) is 11.5 Å². The first-order valence-corrected chi connectivity index (χ1v) is 8.72. The second kappa shape index (κ2) is 6.35. The zero-order chi connectivity index (χ0) is 17.3. The Kier molecular flexibility index (Phi) is 4.40. The second-order valence-corrected chi connectivity index (χ2v) is 7.56. The van der Waals surface area contributed by atoms with E-state index >= 15 is 0 Å². The van der Waals surface area contributed by atoms with E-state index in [-0.39, 0.29) is 16.9 Å². The van der Waals surface area contributed by atoms with Gasteiger partial charge in [0.25, 0.3) is 0 Å². The van der Waals surface area contributed by atoms with Crippen molar-refractivity contribution >= 4 is 5.57 Å². The highest BCUT2D eigenvalue weighted by molar-refractivity contribution is 5.83. The molecule has 0 saturated heterocycles. The molecule has 0 spiro atoms. The first kappa shape index (κ1) is 16.6. The lowest BCUT2D eigenvalue weighted by atomic mass is 9.65. The Morgan fingerprint density at radius 1 is 0.875 bits per heavy atom. The summed E-state index contributed by atoms with van der Waals surface area (Å²) in [6.45, 7) is 6.98. The number of allylic oxidation sites excluding steroid dienone is 1. The fourth-order valence-corrected chi connectivity index (χ4v) is 4.11. The monoisotopic (exact) mass is 322 g/mol. The van der Waals surface area contributed by atoms with Crippen molar-refractivity contribution in [1.29, 1.82) is 0 Å². The predicted octanol–water partition coefficient (Wildman–Crippen LogP) is 5.75. The van der Waals surface area contributed by atoms with E-state index < -0.39 is 0 Å². The molecule has 2 nitrogen and oxygen atoms in total. The summed E-state index contributed by atoms with van der Waals surface area (Å²) in [5, 5.41) is 19.3. The van der Waals surface area contributed by atoms with Gasteiger partial charge in [-0.15, -0.1) is 0 Å². The van der Waals surface area contributed by atoms with E-state index in [2.05, 4.69) is 20.8 Å². The summed E-state index contributed by atoms with van der Waals surface area (Å²) in [5.74, 6) is 1.08. The molecule has 1 unspecified atom stereocenters. The van der Waals surface area contributed by atoms with Crippen LogP contribution in [-0.4, -0.2) is 10.2 Å². The predicted molar refractivity (Wildman–Crippen MR) is 99.0 cm³/mol. The molecule has 3 rings (SSSR count). The third kappa shape index (κ3) is 3.19. The average Bonchev–Trinajstić information content (AvgIpc) is 2.53. The lowest BCUT2D eigenvalue weighted by molar-refractivity contribution is 0.291. The highest BCUT2D eigenvalue weighted by Gasteiger charge is 2.34. The molecule has 0 aliphatic heterocycles. The number of hydrogen-bond acceptors (Lipinski definition) is 2. The van der Waals surface area contributed by atoms with Crippen molar-refractivity contribution in [2.24, 2.45) is 11.3 Å². The summed E-state index contributed by atoms with van der Waals surface area (Å²) < 4.78 is 0. The van der Waals surface area contributed by atoms with Crippen LogP contribution in [0.25, 0.3) is 5.57 Å². The van der Waals surface area contributed by atoms with E-state index in [0.717, 1.165) is 11.1 Å². The van der Waals surface area contributed by atoms with Gasteiger partial charge in [-0.25, -0.2) is 0 Å². The van der Waals surface area contributed by atoms with Gasteiger partial charge in [0.1, 0.15) is 11.5 Å². The molecule has 0 radical (unpaired) electrons. The topological polar surface area (TPSA) is 40.5 Å². The Bertz CT molecular complexity index is 689. The fourth-order valence-electron chi connectivity index (χ4n) is 4.11. The highest BCUT2D eigenvalue weighted by atomic mass is 16.3. The summed E-state index contributed by atoms with van der Waals surface area (Å²) in [7, 11) is 0. The molecule has 2 aromatic rings. The van der Waals surface area contributed by atoms with Crippen LogP contribution in [0.3, 0.4) is 0 Å². The quantitative estimate of drug-likeness (QED) is 0.739. The average molecular weight is 322 g/mol. The first-order valence-electron chi connectivity index (χ1n) is 8.72. The van der Waals surface area contributed by atoms with E-state index in [1.54, 1.807) is 24.3 Å². The maximum atomic E-state index is 9.66. The van der Waals surface area contributed by atoms with E-state index in [0.29, 0.717) is 5.92 Å². The van der Waals surface area contributed by atoms with Crippen molar-refractivity contribution in [3.63, 3.8) is 0 Å². The van der Waals surface area contributed by atoms with Gasteiger partial charge >= 0.3 is 0 Å². The molecule has 1 aliphatic carbocycles. The van der Waals surface area contributed by atoms with Crippen LogP contribution < -0.4 is 0 Å². The van der Waals surface area contributed by atoms with Crippen LogP contribution in [0, 0.1) is 11.3 Å². The molecule has 2 N–H and O–H groups in total. The zero-order valence-corrected chi connectivity index (χ0v) is 14.7. The molecule has 2 heteroatoms. The molecule has 0 bridgehead atoms. The fraction of sp³-hybridized carbons (Fsp3) is 0.364. The highest BCUT2D eigenvalue weighted by Crippen LogP contribution is 2.48. The molecular weight excluding hydrogens is 296 g/mol. The van der Waals surface area contributed by atoms with Crippen molar-refractivity contribution in [3.05, 3.63) is 65.2 Å². The molecule has 1 aliphatic rings. The van der Waals surface area contributed by atoms with Gasteiger partial charge in [0.15, 0.2) is 0 Å². The van der Waals surface area contributed by atoms with Crippen LogP contribution in [-0.2, 0) is 0 Å². The van der Waals surface area contributed by atoms with Crippen molar-refractivity contribution in [2.45, 2.75) is 40.0 Å². The summed E-state index contributed by atoms with van der Waals surface area (Å²) >= 11 is 0. The van der Waals surface area contributed by atoms with Crippen molar-refractivity contribution in [1.82, 2.24) is 0 Å². The van der Waals surface area contributed by atoms with Gasteiger partial charge in [-0.2, -0.15) is 0 Å². The van der Waals surface area contributed by atoms with Gasteiger partial charge in [-0.3, -0.25) is 0 Å². The third-order valence-corrected chi connectivity index (χ3v) is 5.24. The molecule has 24 heavy (non-hydrogen) atoms. The lowest BCUT2D eigenvalue weighted by Crippen LogP contribution is -2.26. The number of rotatable bonds is 2. The molecule has 0 heterocycles. The van der Waals surface area contributed by atoms with E-state index in [9.17, 15) is 10.2 Å². The molecule has 1 atom stereocenters. The molecular formula is C22H26O2. The normalized spacial score (nSPS) is 20.0. The number of phenols is 2. The second-order valence-electron chi connectivity index (χ2n) is 7.56. The van der Waals surface area contributed by atoms with Crippen molar-refractivity contribution < 1.29 is 10.2 Å². The molecule has 1 saturated carbocycles. The number of hydrogen-bond donors (Lipinski definition) is 2. The van der Waals surface area contributed by atoms with E-state index in [1.165, 1.54) is 30.4 Å². The Labute approximate surface area is 144 Å². The van der Waals surface area contributed by atoms with Crippen molar-refractivity contribution in [2.75, 3.05) is 0 Å². The zero-order valence-electron chi connectivity index (χ0n) is 14.7. The standard InChI is InChI=1S/C22H26O2/c1-15-5-4-14-22(2,3)21(15)20(16-6-10-18(23)11-7-16)17-8-12-19(24)13-9-17/h6-13,15,23-24H,4-5,14H2,1-3H3.